The highest BCUT2D eigenvalue weighted by atomic mass is 19.4. The average Bonchev–Trinajstić information content (AvgIpc) is 2.36. The Bertz CT molecular complexity index is 689. The molecule has 0 bridgehead atoms. The minimum absolute atomic E-state index is 0.0507. The molecule has 0 amide bonds. The number of hydrogen-bond donors (Lipinski definition) is 1. The summed E-state index contributed by atoms with van der Waals surface area (Å²) in [7, 11) is 0. The molecule has 6 nitrogen and oxygen atoms in total. The van der Waals surface area contributed by atoms with Gasteiger partial charge in [0.05, 0.1) is 16.7 Å². The lowest BCUT2D eigenvalue weighted by molar-refractivity contribution is -0.384. The van der Waals surface area contributed by atoms with Gasteiger partial charge in [-0.3, -0.25) is 10.1 Å². The number of nitrogens with zero attached hydrogens (tertiary/aromatic N) is 2. The van der Waals surface area contributed by atoms with Crippen LogP contribution in [0.4, 0.5) is 24.7 Å². The molecule has 0 unspecified atom stereocenters. The van der Waals surface area contributed by atoms with Crippen molar-refractivity contribution >= 4 is 11.5 Å². The Balaban J connectivity index is 2.54. The van der Waals surface area contributed by atoms with Gasteiger partial charge in [0.2, 0.25) is 0 Å². The van der Waals surface area contributed by atoms with Gasteiger partial charge in [0, 0.05) is 11.6 Å². The normalized spacial score (nSPS) is 11.2. The molecule has 9 heteroatoms. The number of nitro groups is 1. The number of halogens is 3. The quantitative estimate of drug-likeness (QED) is 0.694. The van der Waals surface area contributed by atoms with Crippen molar-refractivity contribution in [3.63, 3.8) is 0 Å². The molecule has 1 aromatic carbocycles. The topological polar surface area (TPSA) is 91.3 Å². The molecule has 21 heavy (non-hydrogen) atoms. The highest BCUT2D eigenvalue weighted by molar-refractivity contribution is 5.70. The van der Waals surface area contributed by atoms with Gasteiger partial charge in [-0.25, -0.2) is 4.98 Å². The third-order valence-electron chi connectivity index (χ3n) is 2.43. The van der Waals surface area contributed by atoms with Crippen molar-refractivity contribution < 1.29 is 22.8 Å². The predicted molar refractivity (Wildman–Crippen MR) is 67.4 cm³/mol. The van der Waals surface area contributed by atoms with Crippen LogP contribution in [0.3, 0.4) is 0 Å². The molecule has 0 aliphatic heterocycles. The Morgan fingerprint density at radius 1 is 1.24 bits per heavy atom. The first-order valence-electron chi connectivity index (χ1n) is 5.53. The number of hydrogen-bond acceptors (Lipinski definition) is 5. The molecule has 0 saturated carbocycles. The maximum absolute atomic E-state index is 12.3. The van der Waals surface area contributed by atoms with E-state index in [1.54, 1.807) is 0 Å². The molecule has 2 aromatic rings. The van der Waals surface area contributed by atoms with Crippen LogP contribution in [0.5, 0.6) is 5.75 Å². The maximum Gasteiger partial charge on any atom is 0.573 e. The van der Waals surface area contributed by atoms with Gasteiger partial charge in [-0.05, 0) is 12.1 Å². The number of alkyl halides is 3. The molecule has 0 aliphatic rings. The van der Waals surface area contributed by atoms with Gasteiger partial charge in [-0.1, -0.05) is 12.1 Å². The van der Waals surface area contributed by atoms with Crippen LogP contribution in [-0.4, -0.2) is 16.3 Å². The third kappa shape index (κ3) is 3.59. The number of nitrogens with two attached hydrogens (primary N) is 1. The van der Waals surface area contributed by atoms with Crippen molar-refractivity contribution in [1.82, 2.24) is 4.98 Å². The minimum Gasteiger partial charge on any atom is -0.405 e. The van der Waals surface area contributed by atoms with E-state index in [4.69, 9.17) is 5.73 Å². The predicted octanol–water partition coefficient (Wildman–Crippen LogP) is 3.14. The summed E-state index contributed by atoms with van der Waals surface area (Å²) in [5.41, 5.74) is 4.93. The van der Waals surface area contributed by atoms with E-state index < -0.39 is 17.0 Å². The molecule has 2 N–H and O–H groups in total. The van der Waals surface area contributed by atoms with Gasteiger partial charge < -0.3 is 10.5 Å². The summed E-state index contributed by atoms with van der Waals surface area (Å²) in [5, 5.41) is 10.8. The summed E-state index contributed by atoms with van der Waals surface area (Å²) in [5.74, 6) is -0.696. The van der Waals surface area contributed by atoms with E-state index in [0.29, 0.717) is 0 Å². The van der Waals surface area contributed by atoms with E-state index in [2.05, 4.69) is 9.72 Å². The highest BCUT2D eigenvalue weighted by Gasteiger charge is 2.32. The van der Waals surface area contributed by atoms with Crippen LogP contribution < -0.4 is 10.5 Å². The number of aromatic nitrogens is 1. The lowest BCUT2D eigenvalue weighted by Gasteiger charge is -2.12. The zero-order valence-electron chi connectivity index (χ0n) is 10.3. The molecule has 0 radical (unpaired) electrons. The monoisotopic (exact) mass is 299 g/mol. The molecule has 0 aliphatic carbocycles. The van der Waals surface area contributed by atoms with Crippen LogP contribution >= 0.6 is 0 Å². The molecule has 0 spiro atoms. The number of pyridine rings is 1. The molecular formula is C12H8F3N3O3. The van der Waals surface area contributed by atoms with Crippen LogP contribution in [0.1, 0.15) is 0 Å². The first-order valence-corrected chi connectivity index (χ1v) is 5.53. The number of ether oxygens (including phenoxy) is 1. The smallest absolute Gasteiger partial charge is 0.405 e. The van der Waals surface area contributed by atoms with E-state index in [-0.39, 0.29) is 22.8 Å². The highest BCUT2D eigenvalue weighted by Crippen LogP contribution is 2.34. The van der Waals surface area contributed by atoms with Crippen LogP contribution in [0.15, 0.2) is 36.4 Å². The first kappa shape index (κ1) is 14.6. The van der Waals surface area contributed by atoms with Gasteiger partial charge in [0.1, 0.15) is 11.6 Å². The number of nitrogen functional groups attached to an aromatic ring is 1. The van der Waals surface area contributed by atoms with Gasteiger partial charge >= 0.3 is 6.36 Å². The number of rotatable bonds is 3. The lowest BCUT2D eigenvalue weighted by atomic mass is 10.1. The molecule has 1 heterocycles. The largest absolute Gasteiger partial charge is 0.573 e. The minimum atomic E-state index is -4.89. The van der Waals surface area contributed by atoms with E-state index in [1.807, 2.05) is 0 Å². The van der Waals surface area contributed by atoms with Crippen LogP contribution in [0, 0.1) is 10.1 Å². The summed E-state index contributed by atoms with van der Waals surface area (Å²) in [6.45, 7) is 0. The summed E-state index contributed by atoms with van der Waals surface area (Å²) in [6.07, 6.45) is -4.89. The van der Waals surface area contributed by atoms with Crippen molar-refractivity contribution in [3.05, 3.63) is 46.5 Å². The number of para-hydroxylation sites is 1. The Labute approximate surface area is 116 Å². The van der Waals surface area contributed by atoms with Crippen molar-refractivity contribution in [2.75, 3.05) is 5.73 Å². The van der Waals surface area contributed by atoms with Crippen LogP contribution in [-0.2, 0) is 0 Å². The van der Waals surface area contributed by atoms with Gasteiger partial charge in [-0.15, -0.1) is 13.2 Å². The van der Waals surface area contributed by atoms with E-state index in [1.165, 1.54) is 18.2 Å². The molecule has 110 valence electrons. The summed E-state index contributed by atoms with van der Waals surface area (Å²) >= 11 is 0. The summed E-state index contributed by atoms with van der Waals surface area (Å²) < 4.78 is 40.9. The second-order valence-corrected chi connectivity index (χ2v) is 3.94. The van der Waals surface area contributed by atoms with Crippen molar-refractivity contribution in [3.8, 4) is 17.0 Å². The van der Waals surface area contributed by atoms with E-state index >= 15 is 0 Å². The van der Waals surface area contributed by atoms with Gasteiger partial charge in [0.25, 0.3) is 5.69 Å². The number of anilines is 1. The zero-order chi connectivity index (χ0) is 15.6. The van der Waals surface area contributed by atoms with E-state index in [9.17, 15) is 23.3 Å². The molecular weight excluding hydrogens is 291 g/mol. The van der Waals surface area contributed by atoms with E-state index in [0.717, 1.165) is 18.2 Å². The fourth-order valence-electron chi connectivity index (χ4n) is 1.67. The zero-order valence-corrected chi connectivity index (χ0v) is 10.3. The Morgan fingerprint density at radius 2 is 1.90 bits per heavy atom. The van der Waals surface area contributed by atoms with Gasteiger partial charge in [0.15, 0.2) is 0 Å². The standard InChI is InChI=1S/C12H8F3N3O3/c13-12(14,15)21-10-4-2-1-3-8(10)9-5-7(18(19)20)6-11(16)17-9/h1-6H,(H2,16,17). The SMILES string of the molecule is Nc1cc([N+](=O)[O-])cc(-c2ccccc2OC(F)(F)F)n1. The summed E-state index contributed by atoms with van der Waals surface area (Å²) in [4.78, 5) is 13.9. The fraction of sp³-hybridized carbons (Fsp3) is 0.0833. The maximum atomic E-state index is 12.3. The second kappa shape index (κ2) is 5.27. The second-order valence-electron chi connectivity index (χ2n) is 3.94. The molecule has 0 atom stereocenters. The molecule has 2 rings (SSSR count). The third-order valence-corrected chi connectivity index (χ3v) is 2.43. The molecule has 0 saturated heterocycles. The number of benzene rings is 1. The Kier molecular flexibility index (Phi) is 3.66. The first-order chi connectivity index (χ1) is 9.76. The Hall–Kier alpha value is -2.84. The van der Waals surface area contributed by atoms with Crippen LogP contribution in [0.25, 0.3) is 11.3 Å². The van der Waals surface area contributed by atoms with Crippen molar-refractivity contribution in [2.45, 2.75) is 6.36 Å². The van der Waals surface area contributed by atoms with Crippen molar-refractivity contribution in [2.24, 2.45) is 0 Å². The lowest BCUT2D eigenvalue weighted by Crippen LogP contribution is -2.17. The van der Waals surface area contributed by atoms with Crippen molar-refractivity contribution in [1.29, 1.82) is 0 Å². The van der Waals surface area contributed by atoms with Gasteiger partial charge in [-0.2, -0.15) is 0 Å². The fourth-order valence-corrected chi connectivity index (χ4v) is 1.67. The average molecular weight is 299 g/mol. The van der Waals surface area contributed by atoms with Crippen LogP contribution in [0.2, 0.25) is 0 Å². The molecule has 0 fully saturated rings. The summed E-state index contributed by atoms with van der Waals surface area (Å²) in [6, 6.07) is 7.21. The molecule has 1 aromatic heterocycles. The Morgan fingerprint density at radius 3 is 2.52 bits per heavy atom.